The van der Waals surface area contributed by atoms with Crippen LogP contribution in [0.5, 0.6) is 0 Å². The topological polar surface area (TPSA) is 36.1 Å². The number of halogens is 3. The van der Waals surface area contributed by atoms with Crippen LogP contribution >= 0.6 is 0 Å². The van der Waals surface area contributed by atoms with Gasteiger partial charge in [0.05, 0.1) is 5.56 Å². The smallest absolute Gasteiger partial charge is 0.390 e. The molecule has 3 unspecified atom stereocenters. The highest BCUT2D eigenvalue weighted by Gasteiger charge is 2.33. The summed E-state index contributed by atoms with van der Waals surface area (Å²) in [6.07, 6.45) is -0.530. The molecule has 0 saturated heterocycles. The van der Waals surface area contributed by atoms with Gasteiger partial charge in [-0.05, 0) is 67.1 Å². The fourth-order valence-corrected chi connectivity index (χ4v) is 3.51. The van der Waals surface area contributed by atoms with Crippen LogP contribution in [0, 0.1) is 11.8 Å². The zero-order chi connectivity index (χ0) is 19.2. The van der Waals surface area contributed by atoms with E-state index in [0.29, 0.717) is 11.8 Å². The highest BCUT2D eigenvalue weighted by Crippen LogP contribution is 2.40. The second-order valence-corrected chi connectivity index (χ2v) is 7.27. The SMILES string of the molecule is C=CNCCNCC(C)CCC1CNc2ccc(C(F)(F)F)cc2C1C. The van der Waals surface area contributed by atoms with Crippen molar-refractivity contribution in [2.45, 2.75) is 38.8 Å². The van der Waals surface area contributed by atoms with Crippen LogP contribution in [0.25, 0.3) is 0 Å². The van der Waals surface area contributed by atoms with E-state index in [4.69, 9.17) is 0 Å². The lowest BCUT2D eigenvalue weighted by atomic mass is 9.79. The highest BCUT2D eigenvalue weighted by molar-refractivity contribution is 5.56. The Kier molecular flexibility index (Phi) is 7.38. The monoisotopic (exact) mass is 369 g/mol. The van der Waals surface area contributed by atoms with Crippen molar-refractivity contribution in [2.24, 2.45) is 11.8 Å². The zero-order valence-corrected chi connectivity index (χ0v) is 15.6. The molecule has 0 aliphatic carbocycles. The van der Waals surface area contributed by atoms with Gasteiger partial charge in [0.2, 0.25) is 0 Å². The van der Waals surface area contributed by atoms with E-state index in [0.717, 1.165) is 56.3 Å². The number of anilines is 1. The number of fused-ring (bicyclic) bond motifs is 1. The van der Waals surface area contributed by atoms with Crippen molar-refractivity contribution in [2.75, 3.05) is 31.5 Å². The van der Waals surface area contributed by atoms with Crippen LogP contribution in [-0.4, -0.2) is 26.2 Å². The number of hydrogen-bond donors (Lipinski definition) is 3. The van der Waals surface area contributed by atoms with Gasteiger partial charge in [0.15, 0.2) is 0 Å². The number of nitrogens with one attached hydrogen (secondary N) is 3. The molecule has 2 rings (SSSR count). The molecule has 1 aliphatic heterocycles. The van der Waals surface area contributed by atoms with Gasteiger partial charge in [0.1, 0.15) is 0 Å². The van der Waals surface area contributed by atoms with E-state index < -0.39 is 11.7 Å². The fraction of sp³-hybridized carbons (Fsp3) is 0.600. The van der Waals surface area contributed by atoms with Crippen LogP contribution in [0.1, 0.15) is 43.7 Å². The molecule has 3 atom stereocenters. The standard InChI is InChI=1S/C20H30F3N3/c1-4-24-9-10-25-12-14(2)5-6-16-13-26-19-8-7-17(20(21,22)23)11-18(19)15(16)3/h4,7-8,11,14-16,24-26H,1,5-6,9-10,12-13H2,2-3H3. The molecule has 26 heavy (non-hydrogen) atoms. The highest BCUT2D eigenvalue weighted by atomic mass is 19.4. The van der Waals surface area contributed by atoms with Crippen molar-refractivity contribution < 1.29 is 13.2 Å². The van der Waals surface area contributed by atoms with Crippen LogP contribution in [0.2, 0.25) is 0 Å². The summed E-state index contributed by atoms with van der Waals surface area (Å²) in [6, 6.07) is 4.04. The minimum atomic E-state index is -4.29. The van der Waals surface area contributed by atoms with Crippen molar-refractivity contribution in [3.63, 3.8) is 0 Å². The molecule has 6 heteroatoms. The molecular formula is C20H30F3N3. The van der Waals surface area contributed by atoms with Crippen molar-refractivity contribution in [1.29, 1.82) is 0 Å². The minimum absolute atomic E-state index is 0.130. The summed E-state index contributed by atoms with van der Waals surface area (Å²) in [5, 5.41) is 9.77. The largest absolute Gasteiger partial charge is 0.416 e. The quantitative estimate of drug-likeness (QED) is 0.557. The summed E-state index contributed by atoms with van der Waals surface area (Å²) >= 11 is 0. The molecule has 0 saturated carbocycles. The van der Waals surface area contributed by atoms with Gasteiger partial charge in [0.25, 0.3) is 0 Å². The predicted molar refractivity (Wildman–Crippen MR) is 101 cm³/mol. The van der Waals surface area contributed by atoms with Gasteiger partial charge in [-0.3, -0.25) is 0 Å². The first-order chi connectivity index (χ1) is 12.3. The fourth-order valence-electron chi connectivity index (χ4n) is 3.51. The van der Waals surface area contributed by atoms with Crippen molar-refractivity contribution in [1.82, 2.24) is 10.6 Å². The van der Waals surface area contributed by atoms with E-state index in [1.54, 1.807) is 12.3 Å². The minimum Gasteiger partial charge on any atom is -0.390 e. The molecule has 3 nitrogen and oxygen atoms in total. The van der Waals surface area contributed by atoms with E-state index in [2.05, 4.69) is 29.5 Å². The van der Waals surface area contributed by atoms with Gasteiger partial charge in [-0.1, -0.05) is 20.4 Å². The first-order valence-electron chi connectivity index (χ1n) is 9.33. The Morgan fingerprint density at radius 2 is 2.12 bits per heavy atom. The van der Waals surface area contributed by atoms with Gasteiger partial charge in [-0.25, -0.2) is 0 Å². The van der Waals surface area contributed by atoms with Crippen LogP contribution in [0.15, 0.2) is 31.0 Å². The van der Waals surface area contributed by atoms with E-state index in [1.807, 2.05) is 6.92 Å². The number of rotatable bonds is 9. The molecule has 0 aromatic heterocycles. The molecule has 3 N–H and O–H groups in total. The van der Waals surface area contributed by atoms with E-state index in [1.165, 1.54) is 6.07 Å². The average Bonchev–Trinajstić information content (AvgIpc) is 2.60. The molecule has 1 aliphatic rings. The lowest BCUT2D eigenvalue weighted by Crippen LogP contribution is -2.30. The third kappa shape index (κ3) is 5.66. The summed E-state index contributed by atoms with van der Waals surface area (Å²) < 4.78 is 39.0. The normalized spacial score (nSPS) is 20.8. The number of hydrogen-bond acceptors (Lipinski definition) is 3. The second kappa shape index (κ2) is 9.31. The van der Waals surface area contributed by atoms with Gasteiger partial charge in [-0.15, -0.1) is 0 Å². The molecule has 0 amide bonds. The molecule has 0 spiro atoms. The maximum Gasteiger partial charge on any atom is 0.416 e. The molecule has 0 bridgehead atoms. The van der Waals surface area contributed by atoms with E-state index in [9.17, 15) is 13.2 Å². The van der Waals surface area contributed by atoms with Crippen LogP contribution in [-0.2, 0) is 6.18 Å². The van der Waals surface area contributed by atoms with Gasteiger partial charge < -0.3 is 16.0 Å². The van der Waals surface area contributed by atoms with Gasteiger partial charge in [0, 0.05) is 25.3 Å². The van der Waals surface area contributed by atoms with E-state index in [-0.39, 0.29) is 5.92 Å². The first kappa shape index (κ1) is 20.6. The van der Waals surface area contributed by atoms with Crippen LogP contribution < -0.4 is 16.0 Å². The third-order valence-electron chi connectivity index (χ3n) is 5.24. The Hall–Kier alpha value is -1.69. The average molecular weight is 369 g/mol. The van der Waals surface area contributed by atoms with Gasteiger partial charge in [-0.2, -0.15) is 13.2 Å². The Morgan fingerprint density at radius 3 is 2.81 bits per heavy atom. The summed E-state index contributed by atoms with van der Waals surface area (Å²) in [6.45, 7) is 11.4. The van der Waals surface area contributed by atoms with Crippen LogP contribution in [0.4, 0.5) is 18.9 Å². The third-order valence-corrected chi connectivity index (χ3v) is 5.24. The van der Waals surface area contributed by atoms with Crippen molar-refractivity contribution in [3.8, 4) is 0 Å². The summed E-state index contributed by atoms with van der Waals surface area (Å²) in [4.78, 5) is 0. The summed E-state index contributed by atoms with van der Waals surface area (Å²) in [5.74, 6) is 1.02. The summed E-state index contributed by atoms with van der Waals surface area (Å²) in [5.41, 5.74) is 1.07. The lowest BCUT2D eigenvalue weighted by Gasteiger charge is -2.33. The number of alkyl halides is 3. The van der Waals surface area contributed by atoms with Crippen LogP contribution in [0.3, 0.4) is 0 Å². The molecule has 1 aromatic carbocycles. The summed E-state index contributed by atoms with van der Waals surface area (Å²) in [7, 11) is 0. The van der Waals surface area contributed by atoms with E-state index >= 15 is 0 Å². The molecular weight excluding hydrogens is 339 g/mol. The molecule has 0 fully saturated rings. The maximum absolute atomic E-state index is 13.0. The maximum atomic E-state index is 13.0. The van der Waals surface area contributed by atoms with Crippen molar-refractivity contribution >= 4 is 5.69 Å². The van der Waals surface area contributed by atoms with Crippen molar-refractivity contribution in [3.05, 3.63) is 42.1 Å². The zero-order valence-electron chi connectivity index (χ0n) is 15.6. The molecule has 1 heterocycles. The van der Waals surface area contributed by atoms with Gasteiger partial charge >= 0.3 is 6.18 Å². The Labute approximate surface area is 154 Å². The molecule has 146 valence electrons. The Balaban J connectivity index is 1.86. The Morgan fingerprint density at radius 1 is 1.35 bits per heavy atom. The molecule has 0 radical (unpaired) electrons. The Bertz CT molecular complexity index is 586. The predicted octanol–water partition coefficient (Wildman–Crippen LogP) is 4.59. The molecule has 1 aromatic rings. The second-order valence-electron chi connectivity index (χ2n) is 7.27. The lowest BCUT2D eigenvalue weighted by molar-refractivity contribution is -0.137. The first-order valence-corrected chi connectivity index (χ1v) is 9.33. The number of benzene rings is 1.